The number of aromatic nitrogens is 1. The van der Waals surface area contributed by atoms with Crippen molar-refractivity contribution >= 4 is 41.7 Å². The van der Waals surface area contributed by atoms with Crippen LogP contribution in [0.3, 0.4) is 0 Å². The van der Waals surface area contributed by atoms with Crippen LogP contribution in [0.15, 0.2) is 15.6 Å². The second kappa shape index (κ2) is 9.15. The van der Waals surface area contributed by atoms with Crippen molar-refractivity contribution < 1.29 is 4.42 Å². The van der Waals surface area contributed by atoms with E-state index in [9.17, 15) is 0 Å². The molecule has 0 aliphatic heterocycles. The van der Waals surface area contributed by atoms with E-state index in [0.29, 0.717) is 18.5 Å². The topological polar surface area (TPSA) is 62.5 Å². The second-order valence-corrected chi connectivity index (χ2v) is 7.94. The molecule has 2 rings (SSSR count). The Morgan fingerprint density at radius 3 is 2.70 bits per heavy atom. The highest BCUT2D eigenvalue weighted by molar-refractivity contribution is 14.0. The molecular weight excluding hydrogens is 423 g/mol. The van der Waals surface area contributed by atoms with E-state index >= 15 is 0 Å². The highest BCUT2D eigenvalue weighted by atomic mass is 127. The van der Waals surface area contributed by atoms with Gasteiger partial charge in [0.25, 0.3) is 0 Å². The molecule has 0 aromatic carbocycles. The van der Waals surface area contributed by atoms with Crippen molar-refractivity contribution in [1.82, 2.24) is 15.6 Å². The normalized spacial score (nSPS) is 21.9. The van der Waals surface area contributed by atoms with Crippen molar-refractivity contribution in [1.29, 1.82) is 0 Å². The number of hydrogen-bond acceptors (Lipinski definition) is 4. The number of thioether (sulfide) groups is 1. The van der Waals surface area contributed by atoms with Gasteiger partial charge in [-0.15, -0.1) is 24.0 Å². The van der Waals surface area contributed by atoms with E-state index in [2.05, 4.69) is 47.6 Å². The molecule has 0 bridgehead atoms. The first-order valence-corrected chi connectivity index (χ1v) is 9.16. The molecular formula is C16H29IN4OS. The average molecular weight is 452 g/mol. The molecule has 1 aliphatic rings. The summed E-state index contributed by atoms with van der Waals surface area (Å²) in [6.45, 7) is 6.91. The van der Waals surface area contributed by atoms with Gasteiger partial charge in [0.05, 0.1) is 12.7 Å². The second-order valence-electron chi connectivity index (χ2n) is 6.81. The van der Waals surface area contributed by atoms with Crippen molar-refractivity contribution in [3.05, 3.63) is 17.8 Å². The van der Waals surface area contributed by atoms with Crippen LogP contribution in [0.5, 0.6) is 0 Å². The minimum Gasteiger partial charge on any atom is -0.443 e. The summed E-state index contributed by atoms with van der Waals surface area (Å²) in [5.74, 6) is 2.43. The van der Waals surface area contributed by atoms with Gasteiger partial charge in [0.1, 0.15) is 5.76 Å². The largest absolute Gasteiger partial charge is 0.443 e. The minimum absolute atomic E-state index is 0. The summed E-state index contributed by atoms with van der Waals surface area (Å²) in [5.41, 5.74) is -0.0120. The molecule has 1 aliphatic carbocycles. The summed E-state index contributed by atoms with van der Waals surface area (Å²) >= 11 is 1.96. The third kappa shape index (κ3) is 6.17. The summed E-state index contributed by atoms with van der Waals surface area (Å²) in [7, 11) is 1.80. The maximum Gasteiger partial charge on any atom is 0.213 e. The van der Waals surface area contributed by atoms with Gasteiger partial charge in [0, 0.05) is 23.8 Å². The zero-order chi connectivity index (χ0) is 16.2. The number of oxazole rings is 1. The first kappa shape index (κ1) is 20.6. The Hall–Kier alpha value is -0.440. The summed E-state index contributed by atoms with van der Waals surface area (Å²) in [6.07, 6.45) is 7.70. The Bertz CT molecular complexity index is 512. The highest BCUT2D eigenvalue weighted by Gasteiger charge is 2.24. The maximum absolute atomic E-state index is 5.79. The molecule has 7 heteroatoms. The summed E-state index contributed by atoms with van der Waals surface area (Å²) in [4.78, 5) is 8.62. The van der Waals surface area contributed by atoms with Crippen LogP contribution in [-0.2, 0) is 12.0 Å². The Morgan fingerprint density at radius 2 is 2.17 bits per heavy atom. The number of rotatable bonds is 4. The van der Waals surface area contributed by atoms with Gasteiger partial charge in [-0.05, 0) is 25.5 Å². The fourth-order valence-electron chi connectivity index (χ4n) is 2.57. The molecule has 1 saturated carbocycles. The van der Waals surface area contributed by atoms with E-state index < -0.39 is 0 Å². The zero-order valence-corrected chi connectivity index (χ0v) is 17.8. The molecule has 2 unspecified atom stereocenters. The lowest BCUT2D eigenvalue weighted by molar-refractivity contribution is 0.379. The van der Waals surface area contributed by atoms with E-state index in [1.165, 1.54) is 19.3 Å². The zero-order valence-electron chi connectivity index (χ0n) is 14.7. The molecule has 0 amide bonds. The van der Waals surface area contributed by atoms with Crippen molar-refractivity contribution in [3.8, 4) is 0 Å². The van der Waals surface area contributed by atoms with E-state index in [4.69, 9.17) is 4.42 Å². The number of hydrogen-bond donors (Lipinski definition) is 2. The van der Waals surface area contributed by atoms with Gasteiger partial charge >= 0.3 is 0 Å². The van der Waals surface area contributed by atoms with Crippen molar-refractivity contribution in [2.75, 3.05) is 13.3 Å². The van der Waals surface area contributed by atoms with Crippen LogP contribution in [0.4, 0.5) is 0 Å². The van der Waals surface area contributed by atoms with Gasteiger partial charge in [0.15, 0.2) is 5.96 Å². The van der Waals surface area contributed by atoms with Gasteiger partial charge in [-0.25, -0.2) is 4.98 Å². The lowest BCUT2D eigenvalue weighted by Crippen LogP contribution is -2.42. The Kier molecular flexibility index (Phi) is 8.20. The summed E-state index contributed by atoms with van der Waals surface area (Å²) in [6, 6.07) is 0.512. The molecule has 1 aromatic rings. The Balaban J connectivity index is 0.00000264. The van der Waals surface area contributed by atoms with Crippen LogP contribution in [0.25, 0.3) is 0 Å². The van der Waals surface area contributed by atoms with Crippen LogP contribution in [0.2, 0.25) is 0 Å². The molecule has 132 valence electrons. The third-order valence-electron chi connectivity index (χ3n) is 3.98. The molecule has 1 aromatic heterocycles. The fourth-order valence-corrected chi connectivity index (χ4v) is 3.37. The van der Waals surface area contributed by atoms with Gasteiger partial charge in [-0.1, -0.05) is 20.8 Å². The molecule has 0 radical (unpaired) electrons. The number of nitrogens with zero attached hydrogens (tertiary/aromatic N) is 2. The summed E-state index contributed by atoms with van der Waals surface area (Å²) < 4.78 is 5.79. The van der Waals surface area contributed by atoms with Crippen LogP contribution in [0.1, 0.15) is 51.7 Å². The Labute approximate surface area is 160 Å². The predicted octanol–water partition coefficient (Wildman–Crippen LogP) is 3.54. The van der Waals surface area contributed by atoms with Gasteiger partial charge in [-0.3, -0.25) is 4.99 Å². The van der Waals surface area contributed by atoms with Crippen LogP contribution in [0, 0.1) is 0 Å². The number of nitrogens with one attached hydrogen (secondary N) is 2. The summed E-state index contributed by atoms with van der Waals surface area (Å²) in [5, 5.41) is 7.55. The maximum atomic E-state index is 5.79. The monoisotopic (exact) mass is 452 g/mol. The molecule has 5 nitrogen and oxygen atoms in total. The van der Waals surface area contributed by atoms with Crippen molar-refractivity contribution in [2.45, 2.75) is 63.3 Å². The van der Waals surface area contributed by atoms with Crippen molar-refractivity contribution in [3.63, 3.8) is 0 Å². The van der Waals surface area contributed by atoms with E-state index in [-0.39, 0.29) is 29.4 Å². The van der Waals surface area contributed by atoms with Crippen molar-refractivity contribution in [2.24, 2.45) is 4.99 Å². The van der Waals surface area contributed by atoms with E-state index in [1.54, 1.807) is 7.05 Å². The van der Waals surface area contributed by atoms with Gasteiger partial charge in [0.2, 0.25) is 5.89 Å². The van der Waals surface area contributed by atoms with Crippen LogP contribution < -0.4 is 10.6 Å². The standard InChI is InChI=1S/C16H28N4OS.HI/c1-16(2,3)13-9-18-14(21-13)10-19-15(17-4)20-11-6-7-12(8-11)22-5;/h9,11-12H,6-8,10H2,1-5H3,(H2,17,19,20);1H. The molecule has 1 fully saturated rings. The average Bonchev–Trinajstić information content (AvgIpc) is 3.11. The smallest absolute Gasteiger partial charge is 0.213 e. The van der Waals surface area contributed by atoms with Gasteiger partial charge < -0.3 is 15.1 Å². The first-order chi connectivity index (χ1) is 10.4. The number of aliphatic imine (C=N–C) groups is 1. The quantitative estimate of drug-likeness (QED) is 0.416. The lowest BCUT2D eigenvalue weighted by atomic mass is 9.94. The first-order valence-electron chi connectivity index (χ1n) is 7.87. The van der Waals surface area contributed by atoms with Crippen LogP contribution in [-0.4, -0.2) is 35.5 Å². The highest BCUT2D eigenvalue weighted by Crippen LogP contribution is 2.28. The lowest BCUT2D eigenvalue weighted by Gasteiger charge is -2.17. The third-order valence-corrected chi connectivity index (χ3v) is 5.08. The molecule has 2 atom stereocenters. The molecule has 23 heavy (non-hydrogen) atoms. The number of guanidine groups is 1. The Morgan fingerprint density at radius 1 is 1.43 bits per heavy atom. The predicted molar refractivity (Wildman–Crippen MR) is 109 cm³/mol. The van der Waals surface area contributed by atoms with Crippen LogP contribution >= 0.6 is 35.7 Å². The number of halogens is 1. The molecule has 0 spiro atoms. The van der Waals surface area contributed by atoms with E-state index in [0.717, 1.165) is 17.0 Å². The van der Waals surface area contributed by atoms with Gasteiger partial charge in [-0.2, -0.15) is 11.8 Å². The molecule has 1 heterocycles. The SMILES string of the molecule is CN=C(NCc1ncc(C(C)(C)C)o1)NC1CCC(SC)C1.I. The van der Waals surface area contributed by atoms with E-state index in [1.807, 2.05) is 18.0 Å². The molecule has 2 N–H and O–H groups in total. The minimum atomic E-state index is -0.0120. The fraction of sp³-hybridized carbons (Fsp3) is 0.750. The molecule has 0 saturated heterocycles.